The van der Waals surface area contributed by atoms with E-state index in [0.717, 1.165) is 18.1 Å². The van der Waals surface area contributed by atoms with Gasteiger partial charge in [0.1, 0.15) is 0 Å². The number of halogens is 1. The highest BCUT2D eigenvalue weighted by molar-refractivity contribution is 14.0. The minimum atomic E-state index is 0. The summed E-state index contributed by atoms with van der Waals surface area (Å²) in [5.74, 6) is 0.975. The van der Waals surface area contributed by atoms with Crippen molar-refractivity contribution in [3.63, 3.8) is 0 Å². The topological polar surface area (TPSA) is 54.5 Å². The Morgan fingerprint density at radius 3 is 2.65 bits per heavy atom. The van der Waals surface area contributed by atoms with Gasteiger partial charge >= 0.3 is 0 Å². The molecule has 0 aromatic carbocycles. The van der Waals surface area contributed by atoms with E-state index in [1.165, 1.54) is 0 Å². The van der Waals surface area contributed by atoms with Crippen molar-refractivity contribution in [2.45, 2.75) is 26.7 Å². The van der Waals surface area contributed by atoms with E-state index in [9.17, 15) is 0 Å². The number of thiazole rings is 1. The quantitative estimate of drug-likeness (QED) is 0.494. The molecule has 0 saturated carbocycles. The van der Waals surface area contributed by atoms with Gasteiger partial charge in [-0.3, -0.25) is 4.99 Å². The largest absolute Gasteiger partial charge is 0.370 e. The van der Waals surface area contributed by atoms with Crippen molar-refractivity contribution in [2.24, 2.45) is 10.7 Å². The van der Waals surface area contributed by atoms with Crippen molar-refractivity contribution >= 4 is 41.3 Å². The first kappa shape index (κ1) is 16.6. The van der Waals surface area contributed by atoms with Gasteiger partial charge < -0.3 is 10.6 Å². The Hall–Kier alpha value is -0.370. The van der Waals surface area contributed by atoms with Gasteiger partial charge in [-0.05, 0) is 13.8 Å². The molecule has 4 nitrogen and oxygen atoms in total. The molecule has 0 aliphatic rings. The minimum absolute atomic E-state index is 0. The lowest BCUT2D eigenvalue weighted by molar-refractivity contribution is 0.457. The first-order valence-electron chi connectivity index (χ1n) is 5.63. The molecule has 1 aromatic heterocycles. The first-order valence-corrected chi connectivity index (χ1v) is 6.51. The van der Waals surface area contributed by atoms with Crippen LogP contribution in [0, 0.1) is 0 Å². The molecular formula is C11H21IN4S. The van der Waals surface area contributed by atoms with E-state index in [1.807, 2.05) is 11.6 Å². The molecule has 1 heterocycles. The van der Waals surface area contributed by atoms with Crippen LogP contribution < -0.4 is 5.73 Å². The fraction of sp³-hybridized carbons (Fsp3) is 0.636. The Morgan fingerprint density at radius 1 is 1.53 bits per heavy atom. The van der Waals surface area contributed by atoms with Crippen molar-refractivity contribution in [2.75, 3.05) is 19.6 Å². The standard InChI is InChI=1S/C11H20N4S.HI/c1-4-15(5-2)11(12)14-8-9(3)10-13-6-7-16-10;/h6-7,9H,4-5,8H2,1-3H3,(H2,12,14);1H. The second-order valence-corrected chi connectivity index (χ2v) is 4.57. The summed E-state index contributed by atoms with van der Waals surface area (Å²) in [7, 11) is 0. The van der Waals surface area contributed by atoms with Gasteiger partial charge in [-0.15, -0.1) is 35.3 Å². The third kappa shape index (κ3) is 5.20. The predicted octanol–water partition coefficient (Wildman–Crippen LogP) is 2.52. The molecule has 2 N–H and O–H groups in total. The van der Waals surface area contributed by atoms with Gasteiger partial charge in [-0.2, -0.15) is 0 Å². The Kier molecular flexibility index (Phi) is 8.49. The van der Waals surface area contributed by atoms with Gasteiger partial charge in [0.2, 0.25) is 0 Å². The van der Waals surface area contributed by atoms with E-state index in [0.29, 0.717) is 18.4 Å². The van der Waals surface area contributed by atoms with Crippen molar-refractivity contribution in [1.29, 1.82) is 0 Å². The average molecular weight is 368 g/mol. The molecule has 0 aliphatic carbocycles. The van der Waals surface area contributed by atoms with Crippen molar-refractivity contribution in [1.82, 2.24) is 9.88 Å². The molecule has 0 bridgehead atoms. The summed E-state index contributed by atoms with van der Waals surface area (Å²) in [6.45, 7) is 8.79. The lowest BCUT2D eigenvalue weighted by Crippen LogP contribution is -2.37. The molecule has 0 radical (unpaired) electrons. The molecule has 98 valence electrons. The summed E-state index contributed by atoms with van der Waals surface area (Å²) in [6, 6.07) is 0. The summed E-state index contributed by atoms with van der Waals surface area (Å²) in [5, 5.41) is 3.11. The normalized spacial score (nSPS) is 13.0. The second kappa shape index (κ2) is 8.68. The number of aromatic nitrogens is 1. The lowest BCUT2D eigenvalue weighted by atomic mass is 10.2. The number of aliphatic imine (C=N–C) groups is 1. The molecule has 0 amide bonds. The van der Waals surface area contributed by atoms with E-state index in [4.69, 9.17) is 5.73 Å². The molecule has 1 aromatic rings. The SMILES string of the molecule is CCN(CC)C(N)=NCC(C)c1nccs1.I. The summed E-state index contributed by atoms with van der Waals surface area (Å²) >= 11 is 1.67. The molecule has 1 atom stereocenters. The zero-order chi connectivity index (χ0) is 12.0. The molecule has 0 aliphatic heterocycles. The van der Waals surface area contributed by atoms with Crippen molar-refractivity contribution < 1.29 is 0 Å². The monoisotopic (exact) mass is 368 g/mol. The summed E-state index contributed by atoms with van der Waals surface area (Å²) in [5.41, 5.74) is 5.90. The smallest absolute Gasteiger partial charge is 0.191 e. The number of rotatable bonds is 5. The Morgan fingerprint density at radius 2 is 2.18 bits per heavy atom. The van der Waals surface area contributed by atoms with Gasteiger partial charge in [0, 0.05) is 30.6 Å². The highest BCUT2D eigenvalue weighted by atomic mass is 127. The highest BCUT2D eigenvalue weighted by Gasteiger charge is 2.08. The van der Waals surface area contributed by atoms with Crippen LogP contribution in [0.3, 0.4) is 0 Å². The maximum Gasteiger partial charge on any atom is 0.191 e. The van der Waals surface area contributed by atoms with E-state index in [-0.39, 0.29) is 24.0 Å². The highest BCUT2D eigenvalue weighted by Crippen LogP contribution is 2.17. The Balaban J connectivity index is 0.00000256. The van der Waals surface area contributed by atoms with Crippen LogP contribution >= 0.6 is 35.3 Å². The predicted molar refractivity (Wildman–Crippen MR) is 85.4 cm³/mol. The third-order valence-corrected chi connectivity index (χ3v) is 3.49. The van der Waals surface area contributed by atoms with Gasteiger partial charge in [0.15, 0.2) is 5.96 Å². The van der Waals surface area contributed by atoms with E-state index < -0.39 is 0 Å². The van der Waals surface area contributed by atoms with Crippen LogP contribution in [0.2, 0.25) is 0 Å². The number of guanidine groups is 1. The number of nitrogens with two attached hydrogens (primary N) is 1. The summed E-state index contributed by atoms with van der Waals surface area (Å²) in [6.07, 6.45) is 1.83. The van der Waals surface area contributed by atoms with Crippen LogP contribution in [-0.4, -0.2) is 35.5 Å². The van der Waals surface area contributed by atoms with Crippen LogP contribution in [0.15, 0.2) is 16.6 Å². The average Bonchev–Trinajstić information content (AvgIpc) is 2.81. The van der Waals surface area contributed by atoms with Gasteiger partial charge in [-0.25, -0.2) is 4.98 Å². The molecule has 0 saturated heterocycles. The van der Waals surface area contributed by atoms with E-state index in [2.05, 4.69) is 35.6 Å². The fourth-order valence-electron chi connectivity index (χ4n) is 1.43. The third-order valence-electron chi connectivity index (χ3n) is 2.49. The molecule has 1 unspecified atom stereocenters. The van der Waals surface area contributed by atoms with Crippen molar-refractivity contribution in [3.8, 4) is 0 Å². The molecule has 1 rings (SSSR count). The molecule has 0 spiro atoms. The maximum absolute atomic E-state index is 5.90. The van der Waals surface area contributed by atoms with Crippen molar-refractivity contribution in [3.05, 3.63) is 16.6 Å². The number of hydrogen-bond acceptors (Lipinski definition) is 3. The van der Waals surface area contributed by atoms with E-state index in [1.54, 1.807) is 11.3 Å². The van der Waals surface area contributed by atoms with Crippen LogP contribution in [0.1, 0.15) is 31.7 Å². The van der Waals surface area contributed by atoms with Crippen LogP contribution in [0.5, 0.6) is 0 Å². The zero-order valence-corrected chi connectivity index (χ0v) is 13.7. The maximum atomic E-state index is 5.90. The van der Waals surface area contributed by atoms with Crippen LogP contribution in [0.25, 0.3) is 0 Å². The number of nitrogens with zero attached hydrogens (tertiary/aromatic N) is 3. The molecule has 17 heavy (non-hydrogen) atoms. The van der Waals surface area contributed by atoms with E-state index >= 15 is 0 Å². The van der Waals surface area contributed by atoms with Gasteiger partial charge in [-0.1, -0.05) is 6.92 Å². The molecule has 6 heteroatoms. The molecule has 0 fully saturated rings. The lowest BCUT2D eigenvalue weighted by Gasteiger charge is -2.19. The van der Waals surface area contributed by atoms with Gasteiger partial charge in [0.05, 0.1) is 11.6 Å². The summed E-state index contributed by atoms with van der Waals surface area (Å²) < 4.78 is 0. The van der Waals surface area contributed by atoms with Crippen LogP contribution in [-0.2, 0) is 0 Å². The summed E-state index contributed by atoms with van der Waals surface area (Å²) in [4.78, 5) is 10.7. The second-order valence-electron chi connectivity index (χ2n) is 3.64. The number of hydrogen-bond donors (Lipinski definition) is 1. The Bertz CT molecular complexity index is 322. The fourth-order valence-corrected chi connectivity index (χ4v) is 2.12. The zero-order valence-electron chi connectivity index (χ0n) is 10.6. The minimum Gasteiger partial charge on any atom is -0.370 e. The first-order chi connectivity index (χ1) is 7.69. The Labute approximate surface area is 124 Å². The molecular weight excluding hydrogens is 347 g/mol. The van der Waals surface area contributed by atoms with Gasteiger partial charge in [0.25, 0.3) is 0 Å². The van der Waals surface area contributed by atoms with Crippen LogP contribution in [0.4, 0.5) is 0 Å².